The first-order chi connectivity index (χ1) is 18.5. The van der Waals surface area contributed by atoms with E-state index in [1.54, 1.807) is 0 Å². The van der Waals surface area contributed by atoms with E-state index in [0.717, 1.165) is 83.9 Å². The number of unbranched alkanes of at least 4 members (excludes halogenated alkanes) is 9. The van der Waals surface area contributed by atoms with Crippen molar-refractivity contribution in [1.82, 2.24) is 4.90 Å². The van der Waals surface area contributed by atoms with E-state index in [4.69, 9.17) is 74.3 Å². The zero-order valence-electron chi connectivity index (χ0n) is 24.1. The number of nitrogens with zero attached hydrogens (tertiary/aromatic N) is 1. The Labute approximate surface area is 267 Å². The number of allylic oxidation sites excluding steroid dienone is 2. The highest BCUT2D eigenvalue weighted by Crippen LogP contribution is 2.77. The Morgan fingerprint density at radius 1 is 0.744 bits per heavy atom. The number of hydrogen-bond acceptors (Lipinski definition) is 2. The lowest BCUT2D eigenvalue weighted by molar-refractivity contribution is -0.131. The first-order valence-electron chi connectivity index (χ1n) is 15.2. The molecule has 2 aliphatic carbocycles. The van der Waals surface area contributed by atoms with Crippen molar-refractivity contribution in [2.75, 3.05) is 26.3 Å². The largest absolute Gasteiger partial charge is 0.382 e. The van der Waals surface area contributed by atoms with Crippen LogP contribution >= 0.6 is 69.6 Å². The van der Waals surface area contributed by atoms with Crippen LogP contribution in [0.3, 0.4) is 0 Å². The van der Waals surface area contributed by atoms with Gasteiger partial charge >= 0.3 is 0 Å². The van der Waals surface area contributed by atoms with Crippen molar-refractivity contribution in [1.29, 1.82) is 0 Å². The summed E-state index contributed by atoms with van der Waals surface area (Å²) in [7, 11) is 0. The molecule has 9 heteroatoms. The van der Waals surface area contributed by atoms with Crippen molar-refractivity contribution in [2.24, 2.45) is 11.8 Å². The Bertz CT molecular complexity index is 793. The van der Waals surface area contributed by atoms with Gasteiger partial charge in [-0.3, -0.25) is 4.79 Å². The molecule has 2 aliphatic rings. The van der Waals surface area contributed by atoms with Crippen LogP contribution in [0.1, 0.15) is 117 Å². The highest BCUT2D eigenvalue weighted by molar-refractivity contribution is 6.65. The van der Waals surface area contributed by atoms with Gasteiger partial charge in [-0.2, -0.15) is 0 Å². The average Bonchev–Trinajstić information content (AvgIpc) is 3.10. The highest BCUT2D eigenvalue weighted by Gasteiger charge is 2.81. The van der Waals surface area contributed by atoms with Crippen LogP contribution in [0.25, 0.3) is 0 Å². The van der Waals surface area contributed by atoms with Gasteiger partial charge in [-0.05, 0) is 51.4 Å². The minimum atomic E-state index is -1.46. The zero-order valence-corrected chi connectivity index (χ0v) is 28.7. The maximum Gasteiger partial charge on any atom is 0.222 e. The van der Waals surface area contributed by atoms with E-state index in [2.05, 4.69) is 6.92 Å². The second-order valence-corrected chi connectivity index (χ2v) is 14.5. The molecule has 0 heterocycles. The number of alkyl halides is 4. The van der Waals surface area contributed by atoms with Gasteiger partial charge < -0.3 is 9.64 Å². The topological polar surface area (TPSA) is 29.5 Å². The van der Waals surface area contributed by atoms with Gasteiger partial charge in [0.05, 0.1) is 10.1 Å². The zero-order chi connectivity index (χ0) is 29.1. The van der Waals surface area contributed by atoms with E-state index in [9.17, 15) is 4.79 Å². The molecular weight excluding hydrogens is 619 g/mol. The number of amides is 1. The van der Waals surface area contributed by atoms with Crippen LogP contribution in [0.4, 0.5) is 0 Å². The first kappa shape index (κ1) is 36.1. The molecule has 0 spiro atoms. The molecule has 0 aliphatic heterocycles. The second kappa shape index (κ2) is 17.3. The standard InChI is InChI=1S/C30H49Cl6NO2/c1-4-7-8-9-11-14-18-23-24(29(34)27(32)26(31)28(23,33)30(29,35)36)19-15-12-10-13-16-20-25(38)37(5-2)21-17-22-39-6-3/h23-24H,4-22H2,1-3H3/t23-,24+,28-,29-/m0/s1. The summed E-state index contributed by atoms with van der Waals surface area (Å²) < 4.78 is 3.94. The molecular formula is C30H49Cl6NO2. The van der Waals surface area contributed by atoms with E-state index < -0.39 is 14.1 Å². The molecule has 1 saturated carbocycles. The summed E-state index contributed by atoms with van der Waals surface area (Å²) in [6, 6.07) is 0. The summed E-state index contributed by atoms with van der Waals surface area (Å²) in [5.41, 5.74) is 0. The van der Waals surface area contributed by atoms with Crippen molar-refractivity contribution in [3.8, 4) is 0 Å². The Morgan fingerprint density at radius 2 is 1.23 bits per heavy atom. The van der Waals surface area contributed by atoms with E-state index in [-0.39, 0.29) is 17.7 Å². The lowest BCUT2D eigenvalue weighted by Gasteiger charge is -2.37. The molecule has 0 aromatic heterocycles. The molecule has 1 amide bonds. The monoisotopic (exact) mass is 665 g/mol. The van der Waals surface area contributed by atoms with Gasteiger partial charge in [0.15, 0.2) is 4.33 Å². The van der Waals surface area contributed by atoms with Crippen LogP contribution in [0.5, 0.6) is 0 Å². The van der Waals surface area contributed by atoms with Crippen molar-refractivity contribution in [3.63, 3.8) is 0 Å². The second-order valence-electron chi connectivity index (χ2n) is 11.2. The van der Waals surface area contributed by atoms with Gasteiger partial charge in [0.1, 0.15) is 9.75 Å². The maximum absolute atomic E-state index is 12.6. The van der Waals surface area contributed by atoms with Crippen molar-refractivity contribution >= 4 is 75.5 Å². The third kappa shape index (κ3) is 8.10. The number of fused-ring (bicyclic) bond motifs is 2. The maximum atomic E-state index is 12.6. The Hall–Kier alpha value is 0.910. The summed E-state index contributed by atoms with van der Waals surface area (Å²) in [6.45, 7) is 9.19. The fourth-order valence-electron chi connectivity index (χ4n) is 6.44. The minimum Gasteiger partial charge on any atom is -0.382 e. The molecule has 228 valence electrons. The lowest BCUT2D eigenvalue weighted by atomic mass is 9.76. The Balaban J connectivity index is 1.84. The van der Waals surface area contributed by atoms with Crippen LogP contribution in [0.2, 0.25) is 0 Å². The minimum absolute atomic E-state index is 0.0202. The molecule has 0 aromatic rings. The number of halogens is 6. The highest BCUT2D eigenvalue weighted by atomic mass is 35.5. The van der Waals surface area contributed by atoms with Crippen molar-refractivity contribution in [2.45, 2.75) is 131 Å². The Morgan fingerprint density at radius 3 is 1.72 bits per heavy atom. The summed E-state index contributed by atoms with van der Waals surface area (Å²) >= 11 is 41.5. The molecule has 2 rings (SSSR count). The molecule has 2 bridgehead atoms. The predicted octanol–water partition coefficient (Wildman–Crippen LogP) is 10.8. The van der Waals surface area contributed by atoms with Crippen molar-refractivity contribution in [3.05, 3.63) is 10.1 Å². The molecule has 39 heavy (non-hydrogen) atoms. The fourth-order valence-corrected chi connectivity index (χ4v) is 9.59. The van der Waals surface area contributed by atoms with Crippen LogP contribution in [0.15, 0.2) is 10.1 Å². The van der Waals surface area contributed by atoms with Gasteiger partial charge in [-0.15, -0.1) is 23.2 Å². The van der Waals surface area contributed by atoms with Crippen LogP contribution in [-0.2, 0) is 9.53 Å². The Kier molecular flexibility index (Phi) is 16.0. The van der Waals surface area contributed by atoms with E-state index in [1.807, 2.05) is 18.7 Å². The molecule has 0 unspecified atom stereocenters. The number of carbonyl (C=O) groups is 1. The predicted molar refractivity (Wildman–Crippen MR) is 171 cm³/mol. The summed E-state index contributed by atoms with van der Waals surface area (Å²) in [5, 5.41) is 0.636. The van der Waals surface area contributed by atoms with Gasteiger partial charge in [-0.1, -0.05) is 118 Å². The number of hydrogen-bond donors (Lipinski definition) is 0. The van der Waals surface area contributed by atoms with E-state index >= 15 is 0 Å². The fraction of sp³-hybridized carbons (Fsp3) is 0.900. The molecule has 0 N–H and O–H groups in total. The molecule has 3 nitrogen and oxygen atoms in total. The molecule has 0 radical (unpaired) electrons. The molecule has 1 fully saturated rings. The molecule has 0 aromatic carbocycles. The van der Waals surface area contributed by atoms with E-state index in [1.165, 1.54) is 25.7 Å². The normalized spacial score (nSPS) is 27.5. The lowest BCUT2D eigenvalue weighted by Crippen LogP contribution is -2.44. The quantitative estimate of drug-likeness (QED) is 0.0900. The molecule has 0 saturated heterocycles. The SMILES string of the molecule is CCCCCCCC[C@H]1[C@@H](CCCCCCCC(=O)N(CC)CCCOCC)[C@]2(Cl)C(Cl)=C(Cl)[C@]1(Cl)C2(Cl)Cl. The smallest absolute Gasteiger partial charge is 0.222 e. The number of rotatable bonds is 21. The third-order valence-corrected chi connectivity index (χ3v) is 13.0. The van der Waals surface area contributed by atoms with Crippen molar-refractivity contribution < 1.29 is 9.53 Å². The number of ether oxygens (including phenoxy) is 1. The summed E-state index contributed by atoms with van der Waals surface area (Å²) in [6.07, 6.45) is 15.4. The van der Waals surface area contributed by atoms with Gasteiger partial charge in [-0.25, -0.2) is 0 Å². The average molecular weight is 668 g/mol. The van der Waals surface area contributed by atoms with Crippen LogP contribution in [0, 0.1) is 11.8 Å². The van der Waals surface area contributed by atoms with Gasteiger partial charge in [0, 0.05) is 32.7 Å². The summed E-state index contributed by atoms with van der Waals surface area (Å²) in [5.74, 6) is 0.186. The van der Waals surface area contributed by atoms with Crippen LogP contribution < -0.4 is 0 Å². The molecule has 4 atom stereocenters. The number of carbonyl (C=O) groups excluding carboxylic acids is 1. The first-order valence-corrected chi connectivity index (χ1v) is 17.5. The van der Waals surface area contributed by atoms with Gasteiger partial charge in [0.2, 0.25) is 5.91 Å². The summed E-state index contributed by atoms with van der Waals surface area (Å²) in [4.78, 5) is 12.2. The third-order valence-electron chi connectivity index (χ3n) is 8.68. The van der Waals surface area contributed by atoms with E-state index in [0.29, 0.717) is 23.1 Å². The van der Waals surface area contributed by atoms with Crippen LogP contribution in [-0.4, -0.2) is 51.2 Å². The van der Waals surface area contributed by atoms with Gasteiger partial charge in [0.25, 0.3) is 0 Å².